The van der Waals surface area contributed by atoms with Crippen LogP contribution in [0.5, 0.6) is 17.2 Å². The van der Waals surface area contributed by atoms with Crippen molar-refractivity contribution in [3.05, 3.63) is 88.2 Å². The molecule has 0 atom stereocenters. The number of methoxy groups -OCH3 is 2. The Labute approximate surface area is 184 Å². The van der Waals surface area contributed by atoms with Crippen LogP contribution >= 0.6 is 11.6 Å². The molecule has 1 amide bonds. The van der Waals surface area contributed by atoms with E-state index in [0.717, 1.165) is 0 Å². The van der Waals surface area contributed by atoms with E-state index in [1.54, 1.807) is 48.5 Å². The number of benzene rings is 3. The van der Waals surface area contributed by atoms with Gasteiger partial charge in [0.2, 0.25) is 0 Å². The molecule has 0 radical (unpaired) electrons. The van der Waals surface area contributed by atoms with Gasteiger partial charge in [0, 0.05) is 16.1 Å². The molecule has 0 heterocycles. The minimum atomic E-state index is -0.429. The van der Waals surface area contributed by atoms with Gasteiger partial charge in [-0.2, -0.15) is 5.10 Å². The molecule has 0 bridgehead atoms. The van der Waals surface area contributed by atoms with Gasteiger partial charge in [0.05, 0.1) is 20.4 Å². The highest BCUT2D eigenvalue weighted by Gasteiger charge is 2.10. The quantitative estimate of drug-likeness (QED) is 0.400. The molecule has 3 aromatic rings. The zero-order valence-electron chi connectivity index (χ0n) is 16.9. The molecule has 8 heteroatoms. The Morgan fingerprint density at radius 1 is 1.03 bits per heavy atom. The van der Waals surface area contributed by atoms with Gasteiger partial charge in [-0.05, 0) is 54.1 Å². The molecule has 0 unspecified atom stereocenters. The lowest BCUT2D eigenvalue weighted by molar-refractivity contribution is 0.0954. The second-order valence-corrected chi connectivity index (χ2v) is 6.81. The molecular formula is C23H20ClFN2O4. The first kappa shape index (κ1) is 22.1. The summed E-state index contributed by atoms with van der Waals surface area (Å²) in [6.45, 7) is 0.165. The number of carbonyl (C=O) groups excluding carboxylic acids is 1. The molecule has 160 valence electrons. The van der Waals surface area contributed by atoms with E-state index in [2.05, 4.69) is 10.5 Å². The minimum absolute atomic E-state index is 0.165. The summed E-state index contributed by atoms with van der Waals surface area (Å²) in [4.78, 5) is 12.4. The van der Waals surface area contributed by atoms with Crippen molar-refractivity contribution in [2.75, 3.05) is 14.2 Å². The molecule has 3 aromatic carbocycles. The van der Waals surface area contributed by atoms with E-state index in [-0.39, 0.29) is 12.4 Å². The number of carbonyl (C=O) groups is 1. The fourth-order valence-corrected chi connectivity index (χ4v) is 2.92. The maximum absolute atomic E-state index is 13.3. The van der Waals surface area contributed by atoms with Crippen LogP contribution in [0.4, 0.5) is 4.39 Å². The highest BCUT2D eigenvalue weighted by molar-refractivity contribution is 6.30. The molecule has 0 aromatic heterocycles. The average molecular weight is 443 g/mol. The molecule has 0 aliphatic heterocycles. The Balaban J connectivity index is 1.70. The van der Waals surface area contributed by atoms with Crippen molar-refractivity contribution in [1.29, 1.82) is 0 Å². The van der Waals surface area contributed by atoms with E-state index in [4.69, 9.17) is 25.8 Å². The van der Waals surface area contributed by atoms with E-state index in [9.17, 15) is 9.18 Å². The number of nitrogens with zero attached hydrogens (tertiary/aromatic N) is 1. The van der Waals surface area contributed by atoms with Crippen LogP contribution in [-0.4, -0.2) is 26.3 Å². The molecule has 31 heavy (non-hydrogen) atoms. The number of halogens is 2. The van der Waals surface area contributed by atoms with Gasteiger partial charge < -0.3 is 14.2 Å². The van der Waals surface area contributed by atoms with E-state index in [1.807, 2.05) is 0 Å². The van der Waals surface area contributed by atoms with Gasteiger partial charge in [0.15, 0.2) is 11.5 Å². The summed E-state index contributed by atoms with van der Waals surface area (Å²) >= 11 is 6.07. The number of ether oxygens (including phenoxy) is 3. The Morgan fingerprint density at radius 2 is 1.81 bits per heavy atom. The van der Waals surface area contributed by atoms with Crippen LogP contribution in [0, 0.1) is 5.82 Å². The smallest absolute Gasteiger partial charge is 0.271 e. The SMILES string of the molecule is COc1ccc(C(=O)N/N=C/c2cc(Cl)ccc2OCc2cccc(F)c2)cc1OC. The summed E-state index contributed by atoms with van der Waals surface area (Å²) in [7, 11) is 3.00. The highest BCUT2D eigenvalue weighted by Crippen LogP contribution is 2.27. The predicted octanol–water partition coefficient (Wildman–Crippen LogP) is 4.84. The van der Waals surface area contributed by atoms with E-state index >= 15 is 0 Å². The van der Waals surface area contributed by atoms with Gasteiger partial charge in [0.1, 0.15) is 18.2 Å². The molecule has 1 N–H and O–H groups in total. The Bertz CT molecular complexity index is 1100. The number of nitrogens with one attached hydrogen (secondary N) is 1. The molecule has 0 saturated heterocycles. The van der Waals surface area contributed by atoms with E-state index in [1.165, 1.54) is 32.6 Å². The average Bonchev–Trinajstić information content (AvgIpc) is 2.78. The summed E-state index contributed by atoms with van der Waals surface area (Å²) in [5.74, 6) is 0.666. The first-order valence-electron chi connectivity index (χ1n) is 9.22. The topological polar surface area (TPSA) is 69.2 Å². The van der Waals surface area contributed by atoms with Crippen molar-refractivity contribution < 1.29 is 23.4 Å². The second-order valence-electron chi connectivity index (χ2n) is 6.37. The number of amides is 1. The van der Waals surface area contributed by atoms with Crippen LogP contribution in [-0.2, 0) is 6.61 Å². The van der Waals surface area contributed by atoms with Gasteiger partial charge in [0.25, 0.3) is 5.91 Å². The monoisotopic (exact) mass is 442 g/mol. The van der Waals surface area contributed by atoms with Crippen molar-refractivity contribution in [1.82, 2.24) is 5.43 Å². The Morgan fingerprint density at radius 3 is 2.55 bits per heavy atom. The van der Waals surface area contributed by atoms with Crippen LogP contribution in [0.2, 0.25) is 5.02 Å². The summed E-state index contributed by atoms with van der Waals surface area (Å²) in [5.41, 5.74) is 4.03. The van der Waals surface area contributed by atoms with Crippen molar-refractivity contribution in [3.8, 4) is 17.2 Å². The standard InChI is InChI=1S/C23H20ClFN2O4/c1-29-21-8-6-16(12-22(21)30-2)23(28)27-26-13-17-11-18(24)7-9-20(17)31-14-15-4-3-5-19(25)10-15/h3-13H,14H2,1-2H3,(H,27,28)/b26-13+. The van der Waals surface area contributed by atoms with Crippen LogP contribution in [0.1, 0.15) is 21.5 Å². The second kappa shape index (κ2) is 10.4. The van der Waals surface area contributed by atoms with E-state index < -0.39 is 5.91 Å². The van der Waals surface area contributed by atoms with Gasteiger partial charge in [-0.3, -0.25) is 4.79 Å². The first-order valence-corrected chi connectivity index (χ1v) is 9.60. The number of hydrogen-bond acceptors (Lipinski definition) is 5. The van der Waals surface area contributed by atoms with Crippen molar-refractivity contribution in [2.45, 2.75) is 6.61 Å². The molecular weight excluding hydrogens is 423 g/mol. The van der Waals surface area contributed by atoms with Gasteiger partial charge in [-0.1, -0.05) is 23.7 Å². The number of hydrazone groups is 1. The summed E-state index contributed by atoms with van der Waals surface area (Å²) in [6, 6.07) is 15.9. The third-order valence-electron chi connectivity index (χ3n) is 4.27. The highest BCUT2D eigenvalue weighted by atomic mass is 35.5. The molecule has 0 fully saturated rings. The maximum atomic E-state index is 13.3. The largest absolute Gasteiger partial charge is 0.493 e. The number of hydrogen-bond donors (Lipinski definition) is 1. The predicted molar refractivity (Wildman–Crippen MR) is 117 cm³/mol. The van der Waals surface area contributed by atoms with Crippen LogP contribution in [0.25, 0.3) is 0 Å². The fourth-order valence-electron chi connectivity index (χ4n) is 2.74. The van der Waals surface area contributed by atoms with Gasteiger partial charge in [-0.15, -0.1) is 0 Å². The molecule has 3 rings (SSSR count). The lowest BCUT2D eigenvalue weighted by atomic mass is 10.2. The van der Waals surface area contributed by atoms with E-state index in [0.29, 0.717) is 39.0 Å². The third kappa shape index (κ3) is 5.96. The van der Waals surface area contributed by atoms with Crippen molar-refractivity contribution >= 4 is 23.7 Å². The third-order valence-corrected chi connectivity index (χ3v) is 4.51. The molecule has 6 nitrogen and oxygen atoms in total. The Hall–Kier alpha value is -3.58. The van der Waals surface area contributed by atoms with Crippen LogP contribution < -0.4 is 19.6 Å². The molecule has 0 saturated carbocycles. The van der Waals surface area contributed by atoms with Crippen molar-refractivity contribution in [3.63, 3.8) is 0 Å². The van der Waals surface area contributed by atoms with Crippen molar-refractivity contribution in [2.24, 2.45) is 5.10 Å². The normalized spacial score (nSPS) is 10.7. The summed E-state index contributed by atoms with van der Waals surface area (Å²) in [6.07, 6.45) is 1.42. The van der Waals surface area contributed by atoms with Gasteiger partial charge in [-0.25, -0.2) is 9.82 Å². The summed E-state index contributed by atoms with van der Waals surface area (Å²) < 4.78 is 29.5. The van der Waals surface area contributed by atoms with Gasteiger partial charge >= 0.3 is 0 Å². The minimum Gasteiger partial charge on any atom is -0.493 e. The Kier molecular flexibility index (Phi) is 7.45. The fraction of sp³-hybridized carbons (Fsp3) is 0.130. The summed E-state index contributed by atoms with van der Waals surface area (Å²) in [5, 5.41) is 4.47. The zero-order chi connectivity index (χ0) is 22.2. The molecule has 0 aliphatic rings. The molecule has 0 aliphatic carbocycles. The lowest BCUT2D eigenvalue weighted by Gasteiger charge is -2.10. The van der Waals surface area contributed by atoms with Crippen LogP contribution in [0.3, 0.4) is 0 Å². The lowest BCUT2D eigenvalue weighted by Crippen LogP contribution is -2.17. The molecule has 0 spiro atoms. The first-order chi connectivity index (χ1) is 15.0. The zero-order valence-corrected chi connectivity index (χ0v) is 17.7. The number of rotatable bonds is 8. The maximum Gasteiger partial charge on any atom is 0.271 e. The van der Waals surface area contributed by atoms with Crippen LogP contribution in [0.15, 0.2) is 65.8 Å².